The van der Waals surface area contributed by atoms with Crippen LogP contribution in [0.15, 0.2) is 29.2 Å². The first-order valence-corrected chi connectivity index (χ1v) is 6.94. The van der Waals surface area contributed by atoms with Crippen LogP contribution < -0.4 is 4.74 Å². The van der Waals surface area contributed by atoms with Gasteiger partial charge in [-0.15, -0.1) is 0 Å². The number of nitrogens with zero attached hydrogens (tertiary/aromatic N) is 1. The number of hydrogen-bond acceptors (Lipinski definition) is 5. The molecule has 2 rings (SSSR count). The highest BCUT2D eigenvalue weighted by Crippen LogP contribution is 2.32. The molecule has 0 spiro atoms. The number of methoxy groups -OCH3 is 1. The highest BCUT2D eigenvalue weighted by atomic mass is 32.2. The van der Waals surface area contributed by atoms with E-state index < -0.39 is 17.1 Å². The number of rotatable bonds is 5. The number of carboxylic acid groups (broad SMARTS) is 1. The maximum absolute atomic E-state index is 12.1. The summed E-state index contributed by atoms with van der Waals surface area (Å²) in [5.41, 5.74) is 0.763. The lowest BCUT2D eigenvalue weighted by molar-refractivity contribution is -0.137. The second-order valence-electron chi connectivity index (χ2n) is 4.25. The number of amides is 2. The van der Waals surface area contributed by atoms with Gasteiger partial charge in [0, 0.05) is 6.54 Å². The van der Waals surface area contributed by atoms with Crippen LogP contribution in [0.1, 0.15) is 12.0 Å². The summed E-state index contributed by atoms with van der Waals surface area (Å²) in [4.78, 5) is 35.5. The van der Waals surface area contributed by atoms with Crippen LogP contribution >= 0.6 is 11.8 Å². The van der Waals surface area contributed by atoms with Crippen molar-refractivity contribution < 1.29 is 24.2 Å². The van der Waals surface area contributed by atoms with Crippen molar-refractivity contribution in [2.24, 2.45) is 0 Å². The van der Waals surface area contributed by atoms with Crippen LogP contribution in [-0.2, 0) is 9.59 Å². The molecule has 0 radical (unpaired) electrons. The van der Waals surface area contributed by atoms with Crippen LogP contribution in [-0.4, -0.2) is 40.8 Å². The molecule has 1 aromatic rings. The number of ether oxygens (including phenoxy) is 1. The Labute approximate surface area is 125 Å². The summed E-state index contributed by atoms with van der Waals surface area (Å²) in [6.45, 7) is -0.111. The van der Waals surface area contributed by atoms with Crippen LogP contribution in [0.25, 0.3) is 6.08 Å². The average Bonchev–Trinajstić information content (AvgIpc) is 2.72. The van der Waals surface area contributed by atoms with Crippen LogP contribution in [0.3, 0.4) is 0 Å². The number of benzene rings is 1. The van der Waals surface area contributed by atoms with E-state index in [4.69, 9.17) is 9.84 Å². The van der Waals surface area contributed by atoms with Gasteiger partial charge >= 0.3 is 5.97 Å². The zero-order chi connectivity index (χ0) is 15.4. The molecule has 110 valence electrons. The minimum Gasteiger partial charge on any atom is -0.497 e. The first kappa shape index (κ1) is 15.1. The van der Waals surface area contributed by atoms with Gasteiger partial charge in [0.2, 0.25) is 0 Å². The van der Waals surface area contributed by atoms with Crippen molar-refractivity contribution in [3.8, 4) is 5.75 Å². The molecule has 0 saturated carbocycles. The molecule has 0 aromatic heterocycles. The van der Waals surface area contributed by atoms with E-state index in [0.29, 0.717) is 5.75 Å². The Morgan fingerprint density at radius 1 is 1.33 bits per heavy atom. The van der Waals surface area contributed by atoms with Crippen LogP contribution in [0.5, 0.6) is 5.75 Å². The van der Waals surface area contributed by atoms with Gasteiger partial charge in [-0.25, -0.2) is 0 Å². The van der Waals surface area contributed by atoms with E-state index in [1.165, 1.54) is 0 Å². The van der Waals surface area contributed by atoms with Gasteiger partial charge in [-0.3, -0.25) is 19.3 Å². The van der Waals surface area contributed by atoms with Crippen LogP contribution in [0.2, 0.25) is 0 Å². The molecule has 0 bridgehead atoms. The second-order valence-corrected chi connectivity index (χ2v) is 5.24. The van der Waals surface area contributed by atoms with Crippen LogP contribution in [0, 0.1) is 0 Å². The van der Waals surface area contributed by atoms with Crippen molar-refractivity contribution in [1.29, 1.82) is 0 Å². The molecular formula is C14H13NO5S. The summed E-state index contributed by atoms with van der Waals surface area (Å²) < 4.78 is 5.04. The highest BCUT2D eigenvalue weighted by molar-refractivity contribution is 8.18. The normalized spacial score (nSPS) is 16.6. The Kier molecular flexibility index (Phi) is 4.64. The number of carbonyl (C=O) groups excluding carboxylic acids is 2. The van der Waals surface area contributed by atoms with E-state index in [-0.39, 0.29) is 17.9 Å². The number of carboxylic acids is 1. The third kappa shape index (κ3) is 3.63. The highest BCUT2D eigenvalue weighted by Gasteiger charge is 2.34. The third-order valence-corrected chi connectivity index (χ3v) is 3.74. The molecule has 1 saturated heterocycles. The molecular weight excluding hydrogens is 294 g/mol. The van der Waals surface area contributed by atoms with E-state index in [1.54, 1.807) is 37.5 Å². The van der Waals surface area contributed by atoms with Gasteiger partial charge in [-0.1, -0.05) is 12.1 Å². The summed E-state index contributed by atoms with van der Waals surface area (Å²) in [6, 6.07) is 7.04. The fourth-order valence-corrected chi connectivity index (χ4v) is 2.62. The largest absolute Gasteiger partial charge is 0.497 e. The molecule has 2 amide bonds. The van der Waals surface area contributed by atoms with Crippen LogP contribution in [0.4, 0.5) is 4.79 Å². The second kappa shape index (κ2) is 6.45. The number of carbonyl (C=O) groups is 3. The Hall–Kier alpha value is -2.28. The fourth-order valence-electron chi connectivity index (χ4n) is 1.75. The topological polar surface area (TPSA) is 83.9 Å². The molecule has 1 aromatic carbocycles. The monoisotopic (exact) mass is 307 g/mol. The lowest BCUT2D eigenvalue weighted by Crippen LogP contribution is -2.30. The molecule has 0 aliphatic carbocycles. The summed E-state index contributed by atoms with van der Waals surface area (Å²) in [7, 11) is 1.56. The fraction of sp³-hybridized carbons (Fsp3) is 0.214. The van der Waals surface area contributed by atoms with E-state index in [1.807, 2.05) is 0 Å². The van der Waals surface area contributed by atoms with E-state index in [2.05, 4.69) is 0 Å². The lowest BCUT2D eigenvalue weighted by Gasteiger charge is -2.09. The van der Waals surface area contributed by atoms with Gasteiger partial charge in [0.25, 0.3) is 11.1 Å². The number of hydrogen-bond donors (Lipinski definition) is 1. The molecule has 6 nitrogen and oxygen atoms in total. The Bertz CT molecular complexity index is 608. The molecule has 0 atom stereocenters. The van der Waals surface area contributed by atoms with Crippen molar-refractivity contribution in [2.75, 3.05) is 13.7 Å². The van der Waals surface area contributed by atoms with E-state index in [9.17, 15) is 14.4 Å². The summed E-state index contributed by atoms with van der Waals surface area (Å²) in [5.74, 6) is -0.808. The zero-order valence-corrected chi connectivity index (χ0v) is 12.1. The van der Waals surface area contributed by atoms with Gasteiger partial charge in [0.05, 0.1) is 18.4 Å². The molecule has 7 heteroatoms. The Morgan fingerprint density at radius 2 is 2.00 bits per heavy atom. The molecule has 1 heterocycles. The zero-order valence-electron chi connectivity index (χ0n) is 11.2. The average molecular weight is 307 g/mol. The molecule has 21 heavy (non-hydrogen) atoms. The van der Waals surface area contributed by atoms with E-state index >= 15 is 0 Å². The minimum absolute atomic E-state index is 0.111. The van der Waals surface area contributed by atoms with Crippen molar-refractivity contribution in [3.63, 3.8) is 0 Å². The maximum atomic E-state index is 12.1. The summed E-state index contributed by atoms with van der Waals surface area (Å²) in [6.07, 6.45) is 1.35. The molecule has 1 aliphatic heterocycles. The first-order chi connectivity index (χ1) is 10.0. The van der Waals surface area contributed by atoms with Gasteiger partial charge in [-0.2, -0.15) is 0 Å². The molecule has 0 unspecified atom stereocenters. The predicted octanol–water partition coefficient (Wildman–Crippen LogP) is 2.21. The maximum Gasteiger partial charge on any atom is 0.305 e. The number of imide groups is 1. The van der Waals surface area contributed by atoms with Gasteiger partial charge in [-0.05, 0) is 35.5 Å². The molecule has 1 fully saturated rings. The lowest BCUT2D eigenvalue weighted by atomic mass is 10.2. The molecule has 1 aliphatic rings. The number of aliphatic carboxylic acids is 1. The minimum atomic E-state index is -1.05. The molecule has 1 N–H and O–H groups in total. The summed E-state index contributed by atoms with van der Waals surface area (Å²) >= 11 is 0.813. The predicted molar refractivity (Wildman–Crippen MR) is 77.9 cm³/mol. The van der Waals surface area contributed by atoms with E-state index in [0.717, 1.165) is 22.2 Å². The van der Waals surface area contributed by atoms with Crippen molar-refractivity contribution >= 4 is 35.0 Å². The SMILES string of the molecule is COc1ccc(/C=C2/SC(=O)N(CCC(=O)O)C2=O)cc1. The Balaban J connectivity index is 2.13. The van der Waals surface area contributed by atoms with Crippen molar-refractivity contribution in [1.82, 2.24) is 4.90 Å². The van der Waals surface area contributed by atoms with Crippen molar-refractivity contribution in [2.45, 2.75) is 6.42 Å². The first-order valence-electron chi connectivity index (χ1n) is 6.12. The van der Waals surface area contributed by atoms with Crippen molar-refractivity contribution in [3.05, 3.63) is 34.7 Å². The standard InChI is InChI=1S/C14H13NO5S/c1-20-10-4-2-9(3-5-10)8-11-13(18)15(14(19)21-11)7-6-12(16)17/h2-5,8H,6-7H2,1H3,(H,16,17)/b11-8+. The summed E-state index contributed by atoms with van der Waals surface area (Å²) in [5, 5.41) is 8.17. The van der Waals surface area contributed by atoms with Gasteiger partial charge < -0.3 is 9.84 Å². The number of thioether (sulfide) groups is 1. The van der Waals surface area contributed by atoms with Gasteiger partial charge in [0.15, 0.2) is 0 Å². The quantitative estimate of drug-likeness (QED) is 0.840. The smallest absolute Gasteiger partial charge is 0.305 e. The van der Waals surface area contributed by atoms with Gasteiger partial charge in [0.1, 0.15) is 5.75 Å². The third-order valence-electron chi connectivity index (χ3n) is 2.84. The Morgan fingerprint density at radius 3 is 2.57 bits per heavy atom.